The zero-order valence-electron chi connectivity index (χ0n) is 7.71. The quantitative estimate of drug-likeness (QED) is 0.471. The largest absolute Gasteiger partial charge is 0.508 e. The van der Waals surface area contributed by atoms with E-state index in [1.807, 2.05) is 13.8 Å². The standard InChI is InChI=1S/C9H16O3/c1-4-6-11-9(10)12-7-8(3)5-2/h4,8H,1,5-7H2,2-3H3. The van der Waals surface area contributed by atoms with Gasteiger partial charge in [-0.15, -0.1) is 0 Å². The molecule has 0 rings (SSSR count). The van der Waals surface area contributed by atoms with Gasteiger partial charge in [0.2, 0.25) is 0 Å². The van der Waals surface area contributed by atoms with Crippen LogP contribution in [0.5, 0.6) is 0 Å². The SMILES string of the molecule is C=CCOC(=O)OCC(C)CC. The number of rotatable bonds is 5. The molecule has 0 saturated heterocycles. The lowest BCUT2D eigenvalue weighted by Gasteiger charge is -2.08. The molecule has 3 nitrogen and oxygen atoms in total. The summed E-state index contributed by atoms with van der Waals surface area (Å²) in [6.07, 6.45) is 1.88. The minimum atomic E-state index is -0.616. The van der Waals surface area contributed by atoms with Gasteiger partial charge >= 0.3 is 6.16 Å². The monoisotopic (exact) mass is 172 g/mol. The number of hydrogen-bond donors (Lipinski definition) is 0. The Morgan fingerprint density at radius 2 is 2.25 bits per heavy atom. The van der Waals surface area contributed by atoms with Gasteiger partial charge in [0.15, 0.2) is 0 Å². The van der Waals surface area contributed by atoms with Gasteiger partial charge in [0.05, 0.1) is 6.61 Å². The van der Waals surface area contributed by atoms with Gasteiger partial charge in [-0.1, -0.05) is 32.9 Å². The molecule has 0 saturated carbocycles. The highest BCUT2D eigenvalue weighted by molar-refractivity contribution is 5.59. The van der Waals surface area contributed by atoms with Gasteiger partial charge in [0.1, 0.15) is 6.61 Å². The zero-order valence-corrected chi connectivity index (χ0v) is 7.71. The Bertz CT molecular complexity index is 143. The first-order valence-electron chi connectivity index (χ1n) is 4.11. The molecule has 0 fully saturated rings. The summed E-state index contributed by atoms with van der Waals surface area (Å²) in [5, 5.41) is 0. The minimum Gasteiger partial charge on any atom is -0.434 e. The van der Waals surface area contributed by atoms with Crippen LogP contribution in [0, 0.1) is 5.92 Å². The molecule has 0 aliphatic heterocycles. The molecule has 0 aromatic heterocycles. The van der Waals surface area contributed by atoms with E-state index in [1.165, 1.54) is 6.08 Å². The first-order chi connectivity index (χ1) is 5.70. The fourth-order valence-corrected chi connectivity index (χ4v) is 0.497. The molecular weight excluding hydrogens is 156 g/mol. The Hall–Kier alpha value is -0.990. The Morgan fingerprint density at radius 3 is 2.75 bits per heavy atom. The summed E-state index contributed by atoms with van der Waals surface area (Å²) in [6.45, 7) is 8.10. The van der Waals surface area contributed by atoms with Crippen molar-refractivity contribution in [1.29, 1.82) is 0 Å². The van der Waals surface area contributed by atoms with Crippen LogP contribution < -0.4 is 0 Å². The van der Waals surface area contributed by atoms with Crippen molar-refractivity contribution in [1.82, 2.24) is 0 Å². The van der Waals surface area contributed by atoms with Crippen molar-refractivity contribution in [3.63, 3.8) is 0 Å². The summed E-state index contributed by atoms with van der Waals surface area (Å²) >= 11 is 0. The maximum atomic E-state index is 10.7. The van der Waals surface area contributed by atoms with Crippen LogP contribution in [0.4, 0.5) is 4.79 Å². The highest BCUT2D eigenvalue weighted by atomic mass is 16.7. The molecule has 12 heavy (non-hydrogen) atoms. The Labute approximate surface area is 73.4 Å². The Balaban J connectivity index is 3.36. The number of hydrogen-bond acceptors (Lipinski definition) is 3. The topological polar surface area (TPSA) is 35.5 Å². The lowest BCUT2D eigenvalue weighted by Crippen LogP contribution is -2.12. The van der Waals surface area contributed by atoms with E-state index in [9.17, 15) is 4.79 Å². The minimum absolute atomic E-state index is 0.208. The summed E-state index contributed by atoms with van der Waals surface area (Å²) < 4.78 is 9.39. The smallest absolute Gasteiger partial charge is 0.434 e. The first-order valence-corrected chi connectivity index (χ1v) is 4.11. The molecule has 70 valence electrons. The zero-order chi connectivity index (χ0) is 9.40. The number of carbonyl (C=O) groups is 1. The molecule has 3 heteroatoms. The normalized spacial score (nSPS) is 11.8. The molecule has 0 aromatic rings. The number of carbonyl (C=O) groups excluding carboxylic acids is 1. The third kappa shape index (κ3) is 5.77. The van der Waals surface area contributed by atoms with Gasteiger partial charge in [-0.05, 0) is 5.92 Å². The third-order valence-electron chi connectivity index (χ3n) is 1.50. The molecule has 0 bridgehead atoms. The Kier molecular flexibility index (Phi) is 6.15. The summed E-state index contributed by atoms with van der Waals surface area (Å²) in [4.78, 5) is 10.7. The second-order valence-corrected chi connectivity index (χ2v) is 2.67. The number of ether oxygens (including phenoxy) is 2. The van der Waals surface area contributed by atoms with E-state index in [-0.39, 0.29) is 6.61 Å². The predicted octanol–water partition coefficient (Wildman–Crippen LogP) is 2.37. The molecule has 0 aliphatic carbocycles. The first kappa shape index (κ1) is 11.0. The molecule has 1 atom stereocenters. The van der Waals surface area contributed by atoms with Crippen molar-refractivity contribution in [2.45, 2.75) is 20.3 Å². The maximum absolute atomic E-state index is 10.7. The van der Waals surface area contributed by atoms with E-state index in [0.717, 1.165) is 6.42 Å². The molecule has 0 amide bonds. The van der Waals surface area contributed by atoms with E-state index < -0.39 is 6.16 Å². The van der Waals surface area contributed by atoms with Gasteiger partial charge in [0.25, 0.3) is 0 Å². The average molecular weight is 172 g/mol. The van der Waals surface area contributed by atoms with Gasteiger partial charge in [-0.3, -0.25) is 0 Å². The molecule has 0 heterocycles. The van der Waals surface area contributed by atoms with Crippen LogP contribution in [0.1, 0.15) is 20.3 Å². The van der Waals surface area contributed by atoms with Crippen LogP contribution in [-0.2, 0) is 9.47 Å². The van der Waals surface area contributed by atoms with Crippen molar-refractivity contribution < 1.29 is 14.3 Å². The van der Waals surface area contributed by atoms with Gasteiger partial charge in [0, 0.05) is 0 Å². The van der Waals surface area contributed by atoms with Crippen molar-refractivity contribution in [2.75, 3.05) is 13.2 Å². The lowest BCUT2D eigenvalue weighted by atomic mass is 10.1. The second kappa shape index (κ2) is 6.70. The van der Waals surface area contributed by atoms with Gasteiger partial charge in [-0.2, -0.15) is 0 Å². The molecule has 0 spiro atoms. The van der Waals surface area contributed by atoms with E-state index in [4.69, 9.17) is 4.74 Å². The predicted molar refractivity (Wildman–Crippen MR) is 47.0 cm³/mol. The van der Waals surface area contributed by atoms with E-state index >= 15 is 0 Å². The van der Waals surface area contributed by atoms with Crippen LogP contribution in [0.3, 0.4) is 0 Å². The fraction of sp³-hybridized carbons (Fsp3) is 0.667. The van der Waals surface area contributed by atoms with Crippen molar-refractivity contribution >= 4 is 6.16 Å². The summed E-state index contributed by atoms with van der Waals surface area (Å²) in [5.74, 6) is 0.390. The highest BCUT2D eigenvalue weighted by Gasteiger charge is 2.05. The van der Waals surface area contributed by atoms with Crippen molar-refractivity contribution in [2.24, 2.45) is 5.92 Å². The summed E-state index contributed by atoms with van der Waals surface area (Å²) in [6, 6.07) is 0. The van der Waals surface area contributed by atoms with Crippen molar-refractivity contribution in [3.05, 3.63) is 12.7 Å². The van der Waals surface area contributed by atoms with Crippen LogP contribution >= 0.6 is 0 Å². The van der Waals surface area contributed by atoms with E-state index in [0.29, 0.717) is 12.5 Å². The van der Waals surface area contributed by atoms with E-state index in [1.54, 1.807) is 0 Å². The lowest BCUT2D eigenvalue weighted by molar-refractivity contribution is 0.0529. The van der Waals surface area contributed by atoms with Gasteiger partial charge < -0.3 is 9.47 Å². The second-order valence-electron chi connectivity index (χ2n) is 2.67. The Morgan fingerprint density at radius 1 is 1.58 bits per heavy atom. The van der Waals surface area contributed by atoms with Crippen LogP contribution in [0.2, 0.25) is 0 Å². The molecule has 0 aromatic carbocycles. The highest BCUT2D eigenvalue weighted by Crippen LogP contribution is 2.01. The van der Waals surface area contributed by atoms with Crippen LogP contribution in [0.15, 0.2) is 12.7 Å². The molecule has 0 aliphatic rings. The van der Waals surface area contributed by atoms with Crippen LogP contribution in [0.25, 0.3) is 0 Å². The molecule has 0 radical (unpaired) electrons. The van der Waals surface area contributed by atoms with Crippen molar-refractivity contribution in [3.8, 4) is 0 Å². The maximum Gasteiger partial charge on any atom is 0.508 e. The molecule has 1 unspecified atom stereocenters. The third-order valence-corrected chi connectivity index (χ3v) is 1.50. The van der Waals surface area contributed by atoms with Gasteiger partial charge in [-0.25, -0.2) is 4.79 Å². The molecule has 0 N–H and O–H groups in total. The fourth-order valence-electron chi connectivity index (χ4n) is 0.497. The average Bonchev–Trinajstić information content (AvgIpc) is 2.10. The summed E-state index contributed by atoms with van der Waals surface area (Å²) in [7, 11) is 0. The van der Waals surface area contributed by atoms with E-state index in [2.05, 4.69) is 11.3 Å². The summed E-state index contributed by atoms with van der Waals surface area (Å²) in [5.41, 5.74) is 0. The van der Waals surface area contributed by atoms with Crippen LogP contribution in [-0.4, -0.2) is 19.4 Å². The molecular formula is C9H16O3.